The molecular weight excluding hydrogens is 262 g/mol. The molecule has 0 aromatic rings. The summed E-state index contributed by atoms with van der Waals surface area (Å²) in [5, 5.41) is 9.03. The zero-order valence-corrected chi connectivity index (χ0v) is 12.0. The Hall–Kier alpha value is -1.43. The average molecular weight is 285 g/mol. The van der Waals surface area contributed by atoms with Crippen molar-refractivity contribution >= 4 is 17.8 Å². The van der Waals surface area contributed by atoms with Crippen LogP contribution in [0.3, 0.4) is 0 Å². The molecule has 6 heteroatoms. The average Bonchev–Trinajstić information content (AvgIpc) is 2.65. The van der Waals surface area contributed by atoms with E-state index in [0.29, 0.717) is 0 Å². The molecule has 1 aliphatic heterocycles. The van der Waals surface area contributed by atoms with E-state index in [4.69, 9.17) is 9.94 Å². The molecule has 0 aromatic carbocycles. The Kier molecular flexibility index (Phi) is 7.22. The smallest absolute Gasteiger partial charge is 0.306 e. The minimum Gasteiger partial charge on any atom is -0.452 e. The Labute approximate surface area is 119 Å². The van der Waals surface area contributed by atoms with Crippen LogP contribution >= 0.6 is 0 Å². The molecule has 0 radical (unpaired) electrons. The zero-order valence-electron chi connectivity index (χ0n) is 12.0. The molecule has 20 heavy (non-hydrogen) atoms. The highest BCUT2D eigenvalue weighted by atomic mass is 16.6. The number of carbonyl (C=O) groups excluding carboxylic acids is 3. The SMILES string of the molecule is CCCCCCCCCC(=O)OC1CC(=O)N(O)C1=O. The summed E-state index contributed by atoms with van der Waals surface area (Å²) in [6.45, 7) is 2.17. The molecule has 1 unspecified atom stereocenters. The van der Waals surface area contributed by atoms with Crippen LogP contribution in [0.25, 0.3) is 0 Å². The molecule has 1 fully saturated rings. The fourth-order valence-corrected chi connectivity index (χ4v) is 2.13. The van der Waals surface area contributed by atoms with E-state index >= 15 is 0 Å². The van der Waals surface area contributed by atoms with Crippen LogP contribution in [-0.2, 0) is 19.1 Å². The number of amides is 2. The molecule has 1 N–H and O–H groups in total. The lowest BCUT2D eigenvalue weighted by molar-refractivity contribution is -0.176. The third-order valence-electron chi connectivity index (χ3n) is 3.34. The van der Waals surface area contributed by atoms with Crippen molar-refractivity contribution in [3.8, 4) is 0 Å². The summed E-state index contributed by atoms with van der Waals surface area (Å²) in [4.78, 5) is 33.8. The van der Waals surface area contributed by atoms with Gasteiger partial charge in [-0.1, -0.05) is 45.4 Å². The molecule has 0 saturated carbocycles. The lowest BCUT2D eigenvalue weighted by atomic mass is 10.1. The second-order valence-corrected chi connectivity index (χ2v) is 5.10. The van der Waals surface area contributed by atoms with Gasteiger partial charge < -0.3 is 4.74 Å². The van der Waals surface area contributed by atoms with E-state index < -0.39 is 23.9 Å². The molecule has 0 bridgehead atoms. The van der Waals surface area contributed by atoms with Gasteiger partial charge in [-0.2, -0.15) is 5.06 Å². The van der Waals surface area contributed by atoms with Crippen molar-refractivity contribution in [2.24, 2.45) is 0 Å². The number of ether oxygens (including phenoxy) is 1. The maximum atomic E-state index is 11.5. The van der Waals surface area contributed by atoms with Crippen LogP contribution < -0.4 is 0 Å². The molecule has 1 aliphatic rings. The van der Waals surface area contributed by atoms with Crippen molar-refractivity contribution in [2.75, 3.05) is 0 Å². The van der Waals surface area contributed by atoms with Gasteiger partial charge in [-0.3, -0.25) is 19.6 Å². The van der Waals surface area contributed by atoms with Gasteiger partial charge in [0.1, 0.15) is 0 Å². The van der Waals surface area contributed by atoms with Gasteiger partial charge in [-0.15, -0.1) is 0 Å². The summed E-state index contributed by atoms with van der Waals surface area (Å²) in [7, 11) is 0. The number of hydrogen-bond acceptors (Lipinski definition) is 5. The van der Waals surface area contributed by atoms with Crippen LogP contribution in [0.15, 0.2) is 0 Å². The molecule has 0 spiro atoms. The van der Waals surface area contributed by atoms with E-state index in [1.165, 1.54) is 25.7 Å². The van der Waals surface area contributed by atoms with Gasteiger partial charge in [0, 0.05) is 6.42 Å². The number of hydrogen-bond donors (Lipinski definition) is 1. The first-order valence-electron chi connectivity index (χ1n) is 7.31. The van der Waals surface area contributed by atoms with Crippen LogP contribution in [0.1, 0.15) is 64.7 Å². The first-order chi connectivity index (χ1) is 9.56. The van der Waals surface area contributed by atoms with Gasteiger partial charge in [0.15, 0.2) is 6.10 Å². The summed E-state index contributed by atoms with van der Waals surface area (Å²) < 4.78 is 4.90. The Balaban J connectivity index is 2.09. The van der Waals surface area contributed by atoms with Crippen molar-refractivity contribution in [1.29, 1.82) is 0 Å². The number of unbranched alkanes of at least 4 members (excludes halogenated alkanes) is 6. The standard InChI is InChI=1S/C14H23NO5/c1-2-3-4-5-6-7-8-9-13(17)20-11-10-12(16)15(19)14(11)18/h11,19H,2-10H2,1H3. The van der Waals surface area contributed by atoms with E-state index in [-0.39, 0.29) is 17.9 Å². The lowest BCUT2D eigenvalue weighted by Gasteiger charge is -2.09. The molecule has 2 amide bonds. The van der Waals surface area contributed by atoms with E-state index in [2.05, 4.69) is 6.92 Å². The summed E-state index contributed by atoms with van der Waals surface area (Å²) in [5.41, 5.74) is 0. The van der Waals surface area contributed by atoms with Crippen molar-refractivity contribution in [3.63, 3.8) is 0 Å². The van der Waals surface area contributed by atoms with E-state index in [1.54, 1.807) is 0 Å². The van der Waals surface area contributed by atoms with Crippen molar-refractivity contribution in [1.82, 2.24) is 5.06 Å². The number of carbonyl (C=O) groups is 3. The highest BCUT2D eigenvalue weighted by molar-refractivity contribution is 6.04. The Morgan fingerprint density at radius 3 is 2.35 bits per heavy atom. The van der Waals surface area contributed by atoms with Gasteiger partial charge in [0.25, 0.3) is 11.8 Å². The minimum absolute atomic E-state index is 0.0195. The monoisotopic (exact) mass is 285 g/mol. The summed E-state index contributed by atoms with van der Waals surface area (Å²) in [6, 6.07) is 0. The van der Waals surface area contributed by atoms with Crippen LogP contribution in [0.5, 0.6) is 0 Å². The molecule has 1 rings (SSSR count). The Morgan fingerprint density at radius 1 is 1.20 bits per heavy atom. The minimum atomic E-state index is -1.15. The molecule has 1 atom stereocenters. The molecule has 0 aliphatic carbocycles. The van der Waals surface area contributed by atoms with E-state index in [1.807, 2.05) is 0 Å². The number of esters is 1. The predicted molar refractivity (Wildman–Crippen MR) is 70.7 cm³/mol. The Morgan fingerprint density at radius 2 is 1.80 bits per heavy atom. The quantitative estimate of drug-likeness (QED) is 0.304. The maximum Gasteiger partial charge on any atom is 0.306 e. The normalized spacial score (nSPS) is 18.7. The van der Waals surface area contributed by atoms with Crippen LogP contribution in [-0.4, -0.2) is 34.2 Å². The maximum absolute atomic E-state index is 11.5. The van der Waals surface area contributed by atoms with E-state index in [9.17, 15) is 14.4 Å². The number of imide groups is 1. The summed E-state index contributed by atoms with van der Waals surface area (Å²) in [6.07, 6.45) is 6.48. The largest absolute Gasteiger partial charge is 0.452 e. The second-order valence-electron chi connectivity index (χ2n) is 5.10. The van der Waals surface area contributed by atoms with Crippen LogP contribution in [0, 0.1) is 0 Å². The molecule has 6 nitrogen and oxygen atoms in total. The zero-order chi connectivity index (χ0) is 15.0. The molecular formula is C14H23NO5. The summed E-state index contributed by atoms with van der Waals surface area (Å²) in [5.74, 6) is -2.08. The highest BCUT2D eigenvalue weighted by Gasteiger charge is 2.40. The van der Waals surface area contributed by atoms with Gasteiger partial charge in [0.05, 0.1) is 6.42 Å². The van der Waals surface area contributed by atoms with Gasteiger partial charge >= 0.3 is 5.97 Å². The molecule has 114 valence electrons. The van der Waals surface area contributed by atoms with Crippen LogP contribution in [0.4, 0.5) is 0 Å². The van der Waals surface area contributed by atoms with Crippen LogP contribution in [0.2, 0.25) is 0 Å². The fraction of sp³-hybridized carbons (Fsp3) is 0.786. The second kappa shape index (κ2) is 8.68. The van der Waals surface area contributed by atoms with Gasteiger partial charge in [-0.25, -0.2) is 0 Å². The highest BCUT2D eigenvalue weighted by Crippen LogP contribution is 2.15. The van der Waals surface area contributed by atoms with Gasteiger partial charge in [0.2, 0.25) is 0 Å². The molecule has 1 saturated heterocycles. The lowest BCUT2D eigenvalue weighted by Crippen LogP contribution is -2.30. The first kappa shape index (κ1) is 16.6. The Bertz CT molecular complexity index is 355. The first-order valence-corrected chi connectivity index (χ1v) is 7.31. The molecule has 1 heterocycles. The van der Waals surface area contributed by atoms with E-state index in [0.717, 1.165) is 19.3 Å². The number of nitrogens with zero attached hydrogens (tertiary/aromatic N) is 1. The fourth-order valence-electron chi connectivity index (χ4n) is 2.13. The van der Waals surface area contributed by atoms with Crippen molar-refractivity contribution in [2.45, 2.75) is 70.8 Å². The number of hydroxylamine groups is 2. The summed E-state index contributed by atoms with van der Waals surface area (Å²) >= 11 is 0. The van der Waals surface area contributed by atoms with Gasteiger partial charge in [-0.05, 0) is 6.42 Å². The van der Waals surface area contributed by atoms with Crippen molar-refractivity contribution < 1.29 is 24.3 Å². The predicted octanol–water partition coefficient (Wildman–Crippen LogP) is 2.19. The topological polar surface area (TPSA) is 83.9 Å². The number of rotatable bonds is 9. The third-order valence-corrected chi connectivity index (χ3v) is 3.34. The van der Waals surface area contributed by atoms with Crippen molar-refractivity contribution in [3.05, 3.63) is 0 Å². The third kappa shape index (κ3) is 5.28. The molecule has 0 aromatic heterocycles.